The molecule has 1 aromatic rings. The number of ether oxygens (including phenoxy) is 1. The first-order valence-corrected chi connectivity index (χ1v) is 11.7. The maximum Gasteiger partial charge on any atom is 0.320 e. The number of carbonyl (C=O) groups is 2. The average Bonchev–Trinajstić information content (AvgIpc) is 2.57. The van der Waals surface area contributed by atoms with Crippen molar-refractivity contribution in [2.75, 3.05) is 13.7 Å². The van der Waals surface area contributed by atoms with Gasteiger partial charge in [0, 0.05) is 0 Å². The highest BCUT2D eigenvalue weighted by Crippen LogP contribution is 2.37. The van der Waals surface area contributed by atoms with E-state index in [0.29, 0.717) is 0 Å². The summed E-state index contributed by atoms with van der Waals surface area (Å²) in [6.45, 7) is 10.9. The summed E-state index contributed by atoms with van der Waals surface area (Å²) >= 11 is 0. The van der Waals surface area contributed by atoms with Gasteiger partial charge >= 0.3 is 11.9 Å². The van der Waals surface area contributed by atoms with Crippen molar-refractivity contribution in [1.82, 2.24) is 0 Å². The van der Waals surface area contributed by atoms with Gasteiger partial charge in [-0.25, -0.2) is 4.39 Å². The Morgan fingerprint density at radius 2 is 1.78 bits per heavy atom. The van der Waals surface area contributed by atoms with Gasteiger partial charge in [0.05, 0.1) is 13.7 Å². The first-order chi connectivity index (χ1) is 12.4. The summed E-state index contributed by atoms with van der Waals surface area (Å²) in [6, 6.07) is 5.91. The zero-order chi connectivity index (χ0) is 20.8. The third kappa shape index (κ3) is 6.59. The van der Waals surface area contributed by atoms with Gasteiger partial charge in [-0.3, -0.25) is 9.59 Å². The van der Waals surface area contributed by atoms with E-state index in [1.165, 1.54) is 12.1 Å². The summed E-state index contributed by atoms with van der Waals surface area (Å²) in [6.07, 6.45) is 1.63. The van der Waals surface area contributed by atoms with Crippen LogP contribution in [0.25, 0.3) is 5.57 Å². The smallest absolute Gasteiger partial charge is 0.320 e. The van der Waals surface area contributed by atoms with E-state index < -0.39 is 26.2 Å². The minimum absolute atomic E-state index is 0.0104. The molecule has 0 aromatic heterocycles. The lowest BCUT2D eigenvalue weighted by atomic mass is 10.00. The van der Waals surface area contributed by atoms with Gasteiger partial charge in [-0.1, -0.05) is 39.0 Å². The molecular weight excluding hydrogens is 367 g/mol. The van der Waals surface area contributed by atoms with Crippen molar-refractivity contribution >= 4 is 25.8 Å². The molecule has 5 nitrogen and oxygen atoms in total. The predicted octanol–water partition coefficient (Wildman–Crippen LogP) is 4.49. The maximum absolute atomic E-state index is 13.3. The minimum Gasteiger partial charge on any atom is -0.481 e. The number of halogens is 1. The van der Waals surface area contributed by atoms with E-state index in [4.69, 9.17) is 4.43 Å². The summed E-state index contributed by atoms with van der Waals surface area (Å²) in [5, 5.41) is 9.27. The molecule has 0 bridgehead atoms. The Labute approximate surface area is 161 Å². The van der Waals surface area contributed by atoms with E-state index >= 15 is 0 Å². The number of allylic oxidation sites excluding steroid dienone is 1. The van der Waals surface area contributed by atoms with E-state index in [9.17, 15) is 19.1 Å². The van der Waals surface area contributed by atoms with Crippen LogP contribution in [0.5, 0.6) is 0 Å². The van der Waals surface area contributed by atoms with Crippen LogP contribution in [0.15, 0.2) is 30.3 Å². The fraction of sp³-hybridized carbons (Fsp3) is 0.500. The van der Waals surface area contributed by atoms with Crippen molar-refractivity contribution in [2.24, 2.45) is 5.92 Å². The van der Waals surface area contributed by atoms with Crippen molar-refractivity contribution in [3.8, 4) is 0 Å². The average molecular weight is 397 g/mol. The molecule has 0 radical (unpaired) electrons. The summed E-state index contributed by atoms with van der Waals surface area (Å²) in [4.78, 5) is 23.0. The van der Waals surface area contributed by atoms with Gasteiger partial charge in [0.2, 0.25) is 0 Å². The Balaban J connectivity index is 3.12. The number of carboxylic acids is 1. The molecule has 0 aliphatic rings. The van der Waals surface area contributed by atoms with Crippen molar-refractivity contribution in [1.29, 1.82) is 0 Å². The third-order valence-corrected chi connectivity index (χ3v) is 9.47. The SMILES string of the molecule is COC(=O)C(CC=C(CO[Si](C)(C)C(C)(C)C)c1ccc(F)cc1)C(=O)O. The van der Waals surface area contributed by atoms with Crippen LogP contribution in [0.2, 0.25) is 18.1 Å². The highest BCUT2D eigenvalue weighted by Gasteiger charge is 2.37. The second-order valence-corrected chi connectivity index (χ2v) is 12.7. The molecule has 0 heterocycles. The van der Waals surface area contributed by atoms with Crippen LogP contribution in [0.1, 0.15) is 32.8 Å². The fourth-order valence-corrected chi connectivity index (χ4v) is 3.05. The van der Waals surface area contributed by atoms with Gasteiger partial charge in [0.1, 0.15) is 5.82 Å². The van der Waals surface area contributed by atoms with Gasteiger partial charge < -0.3 is 14.3 Å². The van der Waals surface area contributed by atoms with Crippen LogP contribution in [0.3, 0.4) is 0 Å². The molecule has 1 rings (SSSR count). The second-order valence-electron chi connectivity index (χ2n) is 7.93. The summed E-state index contributed by atoms with van der Waals surface area (Å²) in [7, 11) is -0.885. The number of hydrogen-bond donors (Lipinski definition) is 1. The molecule has 1 atom stereocenters. The highest BCUT2D eigenvalue weighted by atomic mass is 28.4. The number of carboxylic acid groups (broad SMARTS) is 1. The van der Waals surface area contributed by atoms with Crippen LogP contribution >= 0.6 is 0 Å². The Morgan fingerprint density at radius 1 is 1.22 bits per heavy atom. The molecule has 1 aromatic carbocycles. The van der Waals surface area contributed by atoms with E-state index in [2.05, 4.69) is 38.6 Å². The van der Waals surface area contributed by atoms with Gasteiger partial charge in [0.25, 0.3) is 0 Å². The van der Waals surface area contributed by atoms with Crippen molar-refractivity contribution in [2.45, 2.75) is 45.3 Å². The standard InChI is InChI=1S/C20H29FO5Si/c1-20(2,3)27(5,6)26-13-15(14-7-10-16(21)11-8-14)9-12-17(18(22)23)19(24)25-4/h7-11,17H,12-13H2,1-6H3,(H,22,23). The van der Waals surface area contributed by atoms with E-state index in [1.807, 2.05) is 0 Å². The minimum atomic E-state index is -2.04. The number of hydrogen-bond acceptors (Lipinski definition) is 4. The quantitative estimate of drug-likeness (QED) is 0.398. The van der Waals surface area contributed by atoms with Crippen LogP contribution in [-0.4, -0.2) is 39.1 Å². The van der Waals surface area contributed by atoms with Crippen molar-refractivity contribution in [3.63, 3.8) is 0 Å². The molecule has 27 heavy (non-hydrogen) atoms. The number of aliphatic carboxylic acids is 1. The molecule has 0 fully saturated rings. The second kappa shape index (κ2) is 9.28. The number of esters is 1. The number of rotatable bonds is 8. The van der Waals surface area contributed by atoms with Crippen LogP contribution in [-0.2, 0) is 18.8 Å². The molecule has 0 spiro atoms. The van der Waals surface area contributed by atoms with Gasteiger partial charge in [0.15, 0.2) is 14.2 Å². The van der Waals surface area contributed by atoms with Crippen molar-refractivity contribution in [3.05, 3.63) is 41.7 Å². The van der Waals surface area contributed by atoms with Crippen molar-refractivity contribution < 1.29 is 28.2 Å². The fourth-order valence-electron chi connectivity index (χ4n) is 2.10. The van der Waals surface area contributed by atoms with E-state index in [-0.39, 0.29) is 23.9 Å². The topological polar surface area (TPSA) is 72.8 Å². The Bertz CT molecular complexity index is 689. The van der Waals surface area contributed by atoms with Crippen LogP contribution in [0, 0.1) is 11.7 Å². The summed E-state index contributed by atoms with van der Waals surface area (Å²) < 4.78 is 24.1. The summed E-state index contributed by atoms with van der Waals surface area (Å²) in [5.41, 5.74) is 1.44. The third-order valence-electron chi connectivity index (χ3n) is 4.99. The Morgan fingerprint density at radius 3 is 2.22 bits per heavy atom. The van der Waals surface area contributed by atoms with Crippen LogP contribution in [0.4, 0.5) is 4.39 Å². The summed E-state index contributed by atoms with van der Waals surface area (Å²) in [5.74, 6) is -3.70. The van der Waals surface area contributed by atoms with Gasteiger partial charge in [-0.05, 0) is 47.8 Å². The number of methoxy groups -OCH3 is 1. The lowest BCUT2D eigenvalue weighted by Gasteiger charge is -2.36. The zero-order valence-electron chi connectivity index (χ0n) is 16.8. The maximum atomic E-state index is 13.3. The molecule has 1 N–H and O–H groups in total. The normalized spacial score (nSPS) is 14.0. The molecule has 0 amide bonds. The molecule has 0 saturated heterocycles. The van der Waals surface area contributed by atoms with Crippen LogP contribution < -0.4 is 0 Å². The largest absolute Gasteiger partial charge is 0.481 e. The predicted molar refractivity (Wildman–Crippen MR) is 105 cm³/mol. The monoisotopic (exact) mass is 396 g/mol. The first-order valence-electron chi connectivity index (χ1n) is 8.78. The number of carbonyl (C=O) groups excluding carboxylic acids is 1. The molecule has 150 valence electrons. The van der Waals surface area contributed by atoms with E-state index in [1.54, 1.807) is 18.2 Å². The number of benzene rings is 1. The molecule has 0 aliphatic carbocycles. The van der Waals surface area contributed by atoms with Gasteiger partial charge in [-0.15, -0.1) is 0 Å². The Kier molecular flexibility index (Phi) is 7.92. The van der Waals surface area contributed by atoms with Gasteiger partial charge in [-0.2, -0.15) is 0 Å². The first kappa shape index (κ1) is 23.0. The Hall–Kier alpha value is -1.99. The van der Waals surface area contributed by atoms with E-state index in [0.717, 1.165) is 18.2 Å². The molecule has 1 unspecified atom stereocenters. The molecule has 0 saturated carbocycles. The molecule has 7 heteroatoms. The molecular formula is C20H29FO5Si. The lowest BCUT2D eigenvalue weighted by Crippen LogP contribution is -2.41. The lowest BCUT2D eigenvalue weighted by molar-refractivity contribution is -0.156. The molecule has 0 aliphatic heterocycles. The zero-order valence-corrected chi connectivity index (χ0v) is 17.8. The highest BCUT2D eigenvalue weighted by molar-refractivity contribution is 6.74.